The molecule has 0 fully saturated rings. The molecule has 2 atom stereocenters. The average molecular weight is 449 g/mol. The summed E-state index contributed by atoms with van der Waals surface area (Å²) in [5, 5.41) is 10.5. The van der Waals surface area contributed by atoms with Gasteiger partial charge >= 0.3 is 5.97 Å². The quantitative estimate of drug-likeness (QED) is 0.120. The van der Waals surface area contributed by atoms with Crippen LogP contribution in [0.3, 0.4) is 0 Å². The molecule has 0 spiro atoms. The Morgan fingerprint density at radius 3 is 2.12 bits per heavy atom. The number of aliphatic hydroxyl groups is 1. The number of allylic oxidation sites excluding steroid dienone is 1. The summed E-state index contributed by atoms with van der Waals surface area (Å²) >= 11 is 0. The van der Waals surface area contributed by atoms with Crippen LogP contribution in [0, 0.1) is 0 Å². The number of esters is 1. The number of ether oxygens (including phenoxy) is 1. The molecule has 0 saturated heterocycles. The second-order valence-electron chi connectivity index (χ2n) is 8.61. The van der Waals surface area contributed by atoms with Crippen molar-refractivity contribution in [1.29, 1.82) is 0 Å². The van der Waals surface area contributed by atoms with Gasteiger partial charge in [-0.25, -0.2) is 10.7 Å². The van der Waals surface area contributed by atoms with Crippen LogP contribution < -0.4 is 11.6 Å². The number of rotatable bonds is 19. The molecule has 0 radical (unpaired) electrons. The summed E-state index contributed by atoms with van der Waals surface area (Å²) in [6.45, 7) is 1.97. The molecule has 0 heterocycles. The van der Waals surface area contributed by atoms with Crippen molar-refractivity contribution in [2.24, 2.45) is 11.6 Å². The third kappa shape index (κ3) is 11.8. The third-order valence-corrected chi connectivity index (χ3v) is 5.74. The van der Waals surface area contributed by atoms with E-state index in [0.29, 0.717) is 0 Å². The van der Waals surface area contributed by atoms with E-state index in [1.807, 2.05) is 36.4 Å². The third-order valence-electron chi connectivity index (χ3n) is 5.74. The Labute approximate surface area is 194 Å². The van der Waals surface area contributed by atoms with E-state index in [9.17, 15) is 9.90 Å². The van der Waals surface area contributed by atoms with Crippen LogP contribution in [0.5, 0.6) is 0 Å². The Balaban J connectivity index is 2.26. The van der Waals surface area contributed by atoms with E-state index in [-0.39, 0.29) is 13.2 Å². The van der Waals surface area contributed by atoms with E-state index >= 15 is 0 Å². The number of unbranched alkanes of at least 4 members (excludes halogenated alkanes) is 11. The Bertz CT molecular complexity index is 624. The molecule has 0 amide bonds. The van der Waals surface area contributed by atoms with Crippen molar-refractivity contribution in [2.75, 3.05) is 6.61 Å². The molecule has 0 saturated carbocycles. The Hall–Kier alpha value is -1.73. The number of hydrogen-bond donors (Lipinski definition) is 3. The standard InChI is InChI=1S/C26H44N2O4/c1-2-3-4-5-6-7-8-9-10-11-12-13-17-20-24(29)26(27,22-32-28)25(30)31-21-23-18-15-14-16-19-23/h14-20,24,29H,2-13,21-22,27-28H2,1H3. The van der Waals surface area contributed by atoms with Crippen molar-refractivity contribution in [3.63, 3.8) is 0 Å². The van der Waals surface area contributed by atoms with Gasteiger partial charge < -0.3 is 20.4 Å². The van der Waals surface area contributed by atoms with E-state index < -0.39 is 17.6 Å². The Kier molecular flexibility index (Phi) is 15.7. The van der Waals surface area contributed by atoms with Gasteiger partial charge in [-0.2, -0.15) is 0 Å². The van der Waals surface area contributed by atoms with Gasteiger partial charge in [0, 0.05) is 0 Å². The lowest BCUT2D eigenvalue weighted by atomic mass is 9.93. The largest absolute Gasteiger partial charge is 0.459 e. The lowest BCUT2D eigenvalue weighted by Gasteiger charge is -2.29. The fraction of sp³-hybridized carbons (Fsp3) is 0.654. The molecule has 0 aliphatic carbocycles. The Morgan fingerprint density at radius 1 is 1.00 bits per heavy atom. The Morgan fingerprint density at radius 2 is 1.56 bits per heavy atom. The van der Waals surface area contributed by atoms with Crippen LogP contribution >= 0.6 is 0 Å². The molecule has 0 aromatic heterocycles. The topological polar surface area (TPSA) is 108 Å². The summed E-state index contributed by atoms with van der Waals surface area (Å²) in [6.07, 6.45) is 17.2. The van der Waals surface area contributed by atoms with E-state index in [2.05, 4.69) is 11.8 Å². The first-order valence-electron chi connectivity index (χ1n) is 12.2. The van der Waals surface area contributed by atoms with Gasteiger partial charge in [0.25, 0.3) is 0 Å². The van der Waals surface area contributed by atoms with Crippen LogP contribution in [0.4, 0.5) is 0 Å². The fourth-order valence-electron chi connectivity index (χ4n) is 3.58. The van der Waals surface area contributed by atoms with Crippen LogP contribution in [0.2, 0.25) is 0 Å². The predicted molar refractivity (Wildman–Crippen MR) is 130 cm³/mol. The molecule has 0 aliphatic rings. The highest BCUT2D eigenvalue weighted by Crippen LogP contribution is 2.16. The van der Waals surface area contributed by atoms with Crippen molar-refractivity contribution < 1.29 is 19.5 Å². The van der Waals surface area contributed by atoms with Crippen LogP contribution in [-0.4, -0.2) is 29.3 Å². The maximum atomic E-state index is 12.5. The highest BCUT2D eigenvalue weighted by atomic mass is 16.6. The molecular weight excluding hydrogens is 404 g/mol. The monoisotopic (exact) mass is 448 g/mol. The number of carbonyl (C=O) groups is 1. The number of aliphatic hydroxyl groups excluding tert-OH is 1. The fourth-order valence-corrected chi connectivity index (χ4v) is 3.58. The second-order valence-corrected chi connectivity index (χ2v) is 8.61. The average Bonchev–Trinajstić information content (AvgIpc) is 2.81. The number of benzene rings is 1. The first-order chi connectivity index (χ1) is 15.5. The van der Waals surface area contributed by atoms with Crippen LogP contribution in [-0.2, 0) is 21.0 Å². The number of carbonyl (C=O) groups excluding carboxylic acids is 1. The van der Waals surface area contributed by atoms with E-state index in [1.54, 1.807) is 6.08 Å². The van der Waals surface area contributed by atoms with Crippen molar-refractivity contribution >= 4 is 5.97 Å². The van der Waals surface area contributed by atoms with Crippen molar-refractivity contribution in [3.05, 3.63) is 48.0 Å². The van der Waals surface area contributed by atoms with E-state index in [1.165, 1.54) is 57.8 Å². The first-order valence-corrected chi connectivity index (χ1v) is 12.2. The number of nitrogens with two attached hydrogens (primary N) is 2. The first kappa shape index (κ1) is 28.3. The highest BCUT2D eigenvalue weighted by Gasteiger charge is 2.42. The van der Waals surface area contributed by atoms with Gasteiger partial charge in [0.05, 0.1) is 6.61 Å². The molecule has 32 heavy (non-hydrogen) atoms. The van der Waals surface area contributed by atoms with Gasteiger partial charge in [0.1, 0.15) is 12.7 Å². The zero-order valence-electron chi connectivity index (χ0n) is 19.8. The second kappa shape index (κ2) is 17.8. The molecule has 0 bridgehead atoms. The summed E-state index contributed by atoms with van der Waals surface area (Å²) < 4.78 is 5.29. The summed E-state index contributed by atoms with van der Waals surface area (Å²) in [5.41, 5.74) is 5.21. The molecule has 182 valence electrons. The highest BCUT2D eigenvalue weighted by molar-refractivity contribution is 5.82. The van der Waals surface area contributed by atoms with Gasteiger partial charge in [-0.1, -0.05) is 114 Å². The summed E-state index contributed by atoms with van der Waals surface area (Å²) in [5.74, 6) is 4.40. The van der Waals surface area contributed by atoms with Gasteiger partial charge in [0.15, 0.2) is 5.54 Å². The number of hydrogen-bond acceptors (Lipinski definition) is 6. The summed E-state index contributed by atoms with van der Waals surface area (Å²) in [7, 11) is 0. The molecule has 0 aliphatic heterocycles. The lowest BCUT2D eigenvalue weighted by molar-refractivity contribution is -0.158. The molecule has 1 rings (SSSR count). The van der Waals surface area contributed by atoms with Crippen molar-refractivity contribution in [1.82, 2.24) is 0 Å². The minimum atomic E-state index is -1.75. The van der Waals surface area contributed by atoms with Crippen molar-refractivity contribution in [3.8, 4) is 0 Å². The molecule has 1 aromatic carbocycles. The van der Waals surface area contributed by atoms with Crippen LogP contribution in [0.15, 0.2) is 42.5 Å². The predicted octanol–water partition coefficient (Wildman–Crippen LogP) is 4.94. The maximum absolute atomic E-state index is 12.5. The molecule has 5 N–H and O–H groups in total. The van der Waals surface area contributed by atoms with E-state index in [0.717, 1.165) is 24.8 Å². The van der Waals surface area contributed by atoms with Gasteiger partial charge in [-0.05, 0) is 18.4 Å². The zero-order valence-corrected chi connectivity index (χ0v) is 19.8. The molecular formula is C26H44N2O4. The lowest BCUT2D eigenvalue weighted by Crippen LogP contribution is -2.61. The van der Waals surface area contributed by atoms with Crippen molar-refractivity contribution in [2.45, 2.75) is 102 Å². The minimum Gasteiger partial charge on any atom is -0.459 e. The SMILES string of the molecule is CCCCCCCCCCCCCC=CC(O)C(N)(CON)C(=O)OCc1ccccc1. The summed E-state index contributed by atoms with van der Waals surface area (Å²) in [6, 6.07) is 9.27. The zero-order chi connectivity index (χ0) is 23.5. The molecule has 6 nitrogen and oxygen atoms in total. The molecule has 2 unspecified atom stereocenters. The van der Waals surface area contributed by atoms with Gasteiger partial charge in [-0.15, -0.1) is 0 Å². The van der Waals surface area contributed by atoms with Crippen LogP contribution in [0.25, 0.3) is 0 Å². The van der Waals surface area contributed by atoms with Gasteiger partial charge in [0.2, 0.25) is 0 Å². The van der Waals surface area contributed by atoms with Crippen LogP contribution in [0.1, 0.15) is 89.5 Å². The molecule has 6 heteroatoms. The van der Waals surface area contributed by atoms with Gasteiger partial charge in [-0.3, -0.25) is 0 Å². The smallest absolute Gasteiger partial charge is 0.332 e. The normalized spacial score (nSPS) is 14.4. The summed E-state index contributed by atoms with van der Waals surface area (Å²) in [4.78, 5) is 17.1. The van der Waals surface area contributed by atoms with E-state index in [4.69, 9.17) is 16.4 Å². The maximum Gasteiger partial charge on any atom is 0.332 e. The minimum absolute atomic E-state index is 0.0678. The molecule has 1 aromatic rings.